The first-order valence-corrected chi connectivity index (χ1v) is 10.5. The van der Waals surface area contributed by atoms with Crippen molar-refractivity contribution in [3.63, 3.8) is 0 Å². The number of Topliss-reactive ketones (excluding diaryl/α,β-unsaturated/α-hetero) is 1. The molecule has 0 fully saturated rings. The van der Waals surface area contributed by atoms with Crippen molar-refractivity contribution in [2.24, 2.45) is 0 Å². The molecule has 4 rings (SSSR count). The van der Waals surface area contributed by atoms with Crippen molar-refractivity contribution in [3.05, 3.63) is 107 Å². The van der Waals surface area contributed by atoms with Gasteiger partial charge in [-0.2, -0.15) is 5.21 Å². The van der Waals surface area contributed by atoms with Crippen LogP contribution in [0.25, 0.3) is 5.76 Å². The summed E-state index contributed by atoms with van der Waals surface area (Å²) in [5.41, 5.74) is 4.25. The van der Waals surface area contributed by atoms with Crippen LogP contribution in [0.4, 0.5) is 0 Å². The Morgan fingerprint density at radius 2 is 1.73 bits per heavy atom. The molecule has 0 aliphatic rings. The van der Waals surface area contributed by atoms with Crippen LogP contribution < -0.4 is 0 Å². The number of rotatable bonds is 9. The predicted octanol–water partition coefficient (Wildman–Crippen LogP) is 3.82. The second-order valence-corrected chi connectivity index (χ2v) is 7.73. The standard InChI is InChI=1S/C25H23N5O3/c1-17(31)21-11-9-19(10-12-21)15-30-16-20(8-7-18-5-3-2-4-6-18)13-22(30)23(32)14-24(33)25-26-28-29-27-25/h2-6,9-14,16,33H,7-8,15H2,1H3,(H,26,27,28,29). The van der Waals surface area contributed by atoms with Gasteiger partial charge in [-0.15, -0.1) is 10.2 Å². The molecule has 8 nitrogen and oxygen atoms in total. The van der Waals surface area contributed by atoms with E-state index in [2.05, 4.69) is 32.8 Å². The molecular weight excluding hydrogens is 418 g/mol. The number of aliphatic hydroxyl groups is 1. The molecule has 0 spiro atoms. The van der Waals surface area contributed by atoms with Gasteiger partial charge in [0.25, 0.3) is 0 Å². The summed E-state index contributed by atoms with van der Waals surface area (Å²) >= 11 is 0. The number of aromatic amines is 1. The van der Waals surface area contributed by atoms with Crippen LogP contribution in [-0.2, 0) is 19.4 Å². The number of hydrogen-bond acceptors (Lipinski definition) is 6. The Hall–Kier alpha value is -4.33. The molecule has 2 N–H and O–H groups in total. The Bertz CT molecular complexity index is 1270. The number of hydrogen-bond donors (Lipinski definition) is 2. The van der Waals surface area contributed by atoms with Gasteiger partial charge < -0.3 is 9.67 Å². The van der Waals surface area contributed by atoms with Gasteiger partial charge in [0.2, 0.25) is 11.6 Å². The second kappa shape index (κ2) is 9.86. The van der Waals surface area contributed by atoms with Crippen LogP contribution in [-0.4, -0.2) is 41.9 Å². The zero-order valence-corrected chi connectivity index (χ0v) is 18.1. The van der Waals surface area contributed by atoms with Gasteiger partial charge in [-0.25, -0.2) is 0 Å². The van der Waals surface area contributed by atoms with E-state index in [-0.39, 0.29) is 23.2 Å². The van der Waals surface area contributed by atoms with Crippen molar-refractivity contribution in [3.8, 4) is 0 Å². The lowest BCUT2D eigenvalue weighted by molar-refractivity contribution is 0.101. The van der Waals surface area contributed by atoms with Crippen LogP contribution in [0.1, 0.15) is 50.3 Å². The highest BCUT2D eigenvalue weighted by molar-refractivity contribution is 6.06. The third kappa shape index (κ3) is 5.48. The zero-order valence-electron chi connectivity index (χ0n) is 18.1. The number of nitrogens with zero attached hydrogens (tertiary/aromatic N) is 4. The lowest BCUT2D eigenvalue weighted by Gasteiger charge is -2.08. The number of ketones is 2. The average molecular weight is 441 g/mol. The molecule has 4 aromatic rings. The molecule has 0 bridgehead atoms. The maximum Gasteiger partial charge on any atom is 0.239 e. The van der Waals surface area contributed by atoms with Crippen LogP contribution in [0, 0.1) is 0 Å². The van der Waals surface area contributed by atoms with E-state index in [9.17, 15) is 14.7 Å². The first kappa shape index (κ1) is 21.9. The molecule has 0 saturated carbocycles. The van der Waals surface area contributed by atoms with Gasteiger partial charge in [0, 0.05) is 24.4 Å². The normalized spacial score (nSPS) is 11.5. The zero-order chi connectivity index (χ0) is 23.2. The van der Waals surface area contributed by atoms with E-state index in [4.69, 9.17) is 0 Å². The number of benzene rings is 2. The van der Waals surface area contributed by atoms with E-state index in [1.54, 1.807) is 12.1 Å². The predicted molar refractivity (Wildman–Crippen MR) is 123 cm³/mol. The van der Waals surface area contributed by atoms with Crippen LogP contribution in [0.15, 0.2) is 72.9 Å². The molecule has 0 atom stereocenters. The molecular formula is C25H23N5O3. The largest absolute Gasteiger partial charge is 0.504 e. The molecule has 166 valence electrons. The summed E-state index contributed by atoms with van der Waals surface area (Å²) in [6.45, 7) is 1.97. The van der Waals surface area contributed by atoms with E-state index in [1.807, 2.05) is 47.2 Å². The number of nitrogens with one attached hydrogen (secondary N) is 1. The van der Waals surface area contributed by atoms with Crippen molar-refractivity contribution < 1.29 is 14.7 Å². The maximum absolute atomic E-state index is 13.0. The lowest BCUT2D eigenvalue weighted by Crippen LogP contribution is -2.08. The lowest BCUT2D eigenvalue weighted by atomic mass is 10.1. The minimum absolute atomic E-state index is 0.00339. The van der Waals surface area contributed by atoms with E-state index in [1.165, 1.54) is 12.5 Å². The summed E-state index contributed by atoms with van der Waals surface area (Å²) in [5, 5.41) is 23.2. The van der Waals surface area contributed by atoms with E-state index in [0.717, 1.165) is 30.0 Å². The van der Waals surface area contributed by atoms with Crippen molar-refractivity contribution in [2.45, 2.75) is 26.3 Å². The Morgan fingerprint density at radius 1 is 1.00 bits per heavy atom. The smallest absolute Gasteiger partial charge is 0.239 e. The number of allylic oxidation sites excluding steroid dienone is 1. The minimum Gasteiger partial charge on any atom is -0.504 e. The minimum atomic E-state index is -0.372. The molecule has 0 amide bonds. The monoisotopic (exact) mass is 441 g/mol. The first-order chi connectivity index (χ1) is 16.0. The van der Waals surface area contributed by atoms with Crippen LogP contribution in [0.2, 0.25) is 0 Å². The molecule has 2 aromatic carbocycles. The Morgan fingerprint density at radius 3 is 2.39 bits per heavy atom. The summed E-state index contributed by atoms with van der Waals surface area (Å²) < 4.78 is 1.85. The highest BCUT2D eigenvalue weighted by Crippen LogP contribution is 2.18. The maximum atomic E-state index is 13.0. The van der Waals surface area contributed by atoms with Gasteiger partial charge in [-0.3, -0.25) is 9.59 Å². The van der Waals surface area contributed by atoms with E-state index in [0.29, 0.717) is 17.8 Å². The van der Waals surface area contributed by atoms with Gasteiger partial charge in [-0.1, -0.05) is 54.6 Å². The van der Waals surface area contributed by atoms with Crippen molar-refractivity contribution in [2.75, 3.05) is 0 Å². The topological polar surface area (TPSA) is 114 Å². The molecule has 2 heterocycles. The summed E-state index contributed by atoms with van der Waals surface area (Å²) in [5.74, 6) is -0.781. The highest BCUT2D eigenvalue weighted by Gasteiger charge is 2.16. The van der Waals surface area contributed by atoms with E-state index >= 15 is 0 Å². The fraction of sp³-hybridized carbons (Fsp3) is 0.160. The Balaban J connectivity index is 1.60. The van der Waals surface area contributed by atoms with Gasteiger partial charge in [0.15, 0.2) is 11.5 Å². The highest BCUT2D eigenvalue weighted by atomic mass is 16.3. The van der Waals surface area contributed by atoms with Crippen LogP contribution >= 0.6 is 0 Å². The van der Waals surface area contributed by atoms with Crippen molar-refractivity contribution in [1.82, 2.24) is 25.2 Å². The molecule has 0 aliphatic carbocycles. The summed E-state index contributed by atoms with van der Waals surface area (Å²) in [6.07, 6.45) is 4.65. The summed E-state index contributed by atoms with van der Waals surface area (Å²) in [6, 6.07) is 19.3. The van der Waals surface area contributed by atoms with E-state index < -0.39 is 0 Å². The molecule has 0 radical (unpaired) electrons. The number of carbonyl (C=O) groups excluding carboxylic acids is 2. The molecule has 0 aliphatic heterocycles. The summed E-state index contributed by atoms with van der Waals surface area (Å²) in [7, 11) is 0. The quantitative estimate of drug-likeness (QED) is 0.232. The van der Waals surface area contributed by atoms with Crippen molar-refractivity contribution in [1.29, 1.82) is 0 Å². The fourth-order valence-electron chi connectivity index (χ4n) is 3.55. The van der Waals surface area contributed by atoms with Gasteiger partial charge in [-0.05, 0) is 47.7 Å². The molecule has 2 aromatic heterocycles. The molecule has 8 heteroatoms. The Labute approximate surface area is 190 Å². The van der Waals surface area contributed by atoms with Crippen molar-refractivity contribution >= 4 is 17.3 Å². The van der Waals surface area contributed by atoms with Gasteiger partial charge >= 0.3 is 0 Å². The fourth-order valence-corrected chi connectivity index (χ4v) is 3.55. The SMILES string of the molecule is CC(=O)c1ccc(Cn2cc(CCc3ccccc3)cc2C(=O)C=C(O)c2nn[nH]n2)cc1. The Kier molecular flexibility index (Phi) is 6.54. The number of aryl methyl sites for hydroxylation is 2. The van der Waals surface area contributed by atoms with Gasteiger partial charge in [0.05, 0.1) is 5.69 Å². The number of aliphatic hydroxyl groups excluding tert-OH is 1. The third-order valence-corrected chi connectivity index (χ3v) is 5.31. The number of H-pyrrole nitrogens is 1. The van der Waals surface area contributed by atoms with Crippen LogP contribution in [0.5, 0.6) is 0 Å². The van der Waals surface area contributed by atoms with Gasteiger partial charge in [0.1, 0.15) is 0 Å². The first-order valence-electron chi connectivity index (χ1n) is 10.5. The molecule has 0 unspecified atom stereocenters. The number of tetrazole rings is 1. The van der Waals surface area contributed by atoms with Crippen LogP contribution in [0.3, 0.4) is 0 Å². The molecule has 33 heavy (non-hydrogen) atoms. The molecule has 0 saturated heterocycles. The number of aromatic nitrogens is 5. The second-order valence-electron chi connectivity index (χ2n) is 7.73. The number of carbonyl (C=O) groups is 2. The third-order valence-electron chi connectivity index (χ3n) is 5.31. The average Bonchev–Trinajstić information content (AvgIpc) is 3.49. The summed E-state index contributed by atoms with van der Waals surface area (Å²) in [4.78, 5) is 24.6.